The average Bonchev–Trinajstić information content (AvgIpc) is 2.77. The Kier molecular flexibility index (Phi) is 7.52. The minimum Gasteiger partial charge on any atom is -0.497 e. The largest absolute Gasteiger partial charge is 0.497 e. The van der Waals surface area contributed by atoms with Gasteiger partial charge in [-0.1, -0.05) is 0 Å². The summed E-state index contributed by atoms with van der Waals surface area (Å²) in [5.74, 6) is 0.913. The van der Waals surface area contributed by atoms with E-state index in [0.29, 0.717) is 43.2 Å². The van der Waals surface area contributed by atoms with E-state index in [9.17, 15) is 21.6 Å². The molecule has 1 aliphatic heterocycles. The van der Waals surface area contributed by atoms with Crippen LogP contribution < -0.4 is 19.5 Å². The molecular formula is C21H25F3N2O5S. The van der Waals surface area contributed by atoms with Crippen molar-refractivity contribution in [2.75, 3.05) is 39.3 Å². The third-order valence-electron chi connectivity index (χ3n) is 5.12. The van der Waals surface area contributed by atoms with Crippen LogP contribution in [0.15, 0.2) is 41.3 Å². The molecule has 32 heavy (non-hydrogen) atoms. The number of anilines is 2. The molecule has 0 atom stereocenters. The Morgan fingerprint density at radius 3 is 2.19 bits per heavy atom. The van der Waals surface area contributed by atoms with Gasteiger partial charge in [-0.3, -0.25) is 0 Å². The Balaban J connectivity index is 1.87. The van der Waals surface area contributed by atoms with Crippen LogP contribution in [0.4, 0.5) is 24.5 Å². The van der Waals surface area contributed by atoms with Gasteiger partial charge in [-0.15, -0.1) is 0 Å². The van der Waals surface area contributed by atoms with Gasteiger partial charge in [0.15, 0.2) is 0 Å². The number of rotatable bonds is 8. The van der Waals surface area contributed by atoms with Crippen LogP contribution in [0.5, 0.6) is 11.5 Å². The number of hydrogen-bond acceptors (Lipinski definition) is 6. The number of ether oxygens (including phenoxy) is 3. The first-order chi connectivity index (χ1) is 15.1. The topological polar surface area (TPSA) is 85.9 Å². The van der Waals surface area contributed by atoms with Crippen LogP contribution in [0.3, 0.4) is 0 Å². The van der Waals surface area contributed by atoms with E-state index in [1.54, 1.807) is 18.2 Å². The zero-order valence-electron chi connectivity index (χ0n) is 17.7. The Bertz CT molecular complexity index is 1020. The standard InChI is InChI=1S/C21H25F3N2O5S/c1-29-17-9-16(10-18(12-17)30-2)26-15-3-4-20(19(11-15)21(22,23)24)32(27,28)25-13-14-5-7-31-8-6-14/h3-4,9-12,14,25-26H,5-8,13H2,1-2H3. The normalized spacial score (nSPS) is 15.4. The fraction of sp³-hybridized carbons (Fsp3) is 0.429. The highest BCUT2D eigenvalue weighted by atomic mass is 32.2. The van der Waals surface area contributed by atoms with Crippen molar-refractivity contribution in [3.05, 3.63) is 42.0 Å². The molecule has 1 fully saturated rings. The smallest absolute Gasteiger partial charge is 0.417 e. The molecule has 0 spiro atoms. The number of hydrogen-bond donors (Lipinski definition) is 2. The lowest BCUT2D eigenvalue weighted by Gasteiger charge is -2.23. The second-order valence-electron chi connectivity index (χ2n) is 7.34. The van der Waals surface area contributed by atoms with Gasteiger partial charge in [0, 0.05) is 49.3 Å². The van der Waals surface area contributed by atoms with Crippen molar-refractivity contribution < 1.29 is 35.8 Å². The Labute approximate surface area is 184 Å². The highest BCUT2D eigenvalue weighted by Gasteiger charge is 2.37. The van der Waals surface area contributed by atoms with Crippen LogP contribution in [0, 0.1) is 5.92 Å². The highest BCUT2D eigenvalue weighted by molar-refractivity contribution is 7.89. The summed E-state index contributed by atoms with van der Waals surface area (Å²) in [5, 5.41) is 2.84. The number of halogens is 3. The van der Waals surface area contributed by atoms with E-state index >= 15 is 0 Å². The summed E-state index contributed by atoms with van der Waals surface area (Å²) in [5.41, 5.74) is -0.768. The lowest BCUT2D eigenvalue weighted by atomic mass is 10.0. The molecule has 0 radical (unpaired) electrons. The summed E-state index contributed by atoms with van der Waals surface area (Å²) in [6.45, 7) is 1.08. The molecule has 7 nitrogen and oxygen atoms in total. The molecule has 2 aromatic carbocycles. The van der Waals surface area contributed by atoms with E-state index in [1.807, 2.05) is 0 Å². The third-order valence-corrected chi connectivity index (χ3v) is 6.60. The molecule has 176 valence electrons. The van der Waals surface area contributed by atoms with Gasteiger partial charge in [0.1, 0.15) is 11.5 Å². The molecule has 3 rings (SSSR count). The van der Waals surface area contributed by atoms with Crippen LogP contribution in [-0.2, 0) is 20.9 Å². The molecule has 0 aromatic heterocycles. The molecule has 1 heterocycles. The summed E-state index contributed by atoms with van der Waals surface area (Å²) in [7, 11) is -1.46. The first-order valence-corrected chi connectivity index (χ1v) is 11.4. The second kappa shape index (κ2) is 9.97. The van der Waals surface area contributed by atoms with Crippen LogP contribution >= 0.6 is 0 Å². The maximum atomic E-state index is 13.8. The Morgan fingerprint density at radius 2 is 1.62 bits per heavy atom. The van der Waals surface area contributed by atoms with Gasteiger partial charge < -0.3 is 19.5 Å². The van der Waals surface area contributed by atoms with E-state index in [2.05, 4.69) is 10.0 Å². The minimum absolute atomic E-state index is 0.0249. The molecule has 1 aliphatic rings. The Morgan fingerprint density at radius 1 is 1.00 bits per heavy atom. The zero-order valence-corrected chi connectivity index (χ0v) is 18.5. The van der Waals surface area contributed by atoms with Gasteiger partial charge >= 0.3 is 6.18 Å². The first-order valence-electron chi connectivity index (χ1n) is 9.91. The molecule has 0 bridgehead atoms. The van der Waals surface area contributed by atoms with E-state index < -0.39 is 26.7 Å². The SMILES string of the molecule is COc1cc(Nc2ccc(S(=O)(=O)NCC3CCOCC3)c(C(F)(F)F)c2)cc(OC)c1. The lowest BCUT2D eigenvalue weighted by molar-refractivity contribution is -0.139. The molecular weight excluding hydrogens is 449 g/mol. The fourth-order valence-corrected chi connectivity index (χ4v) is 4.69. The number of sulfonamides is 1. The number of alkyl halides is 3. The van der Waals surface area contributed by atoms with Crippen molar-refractivity contribution in [3.63, 3.8) is 0 Å². The number of methoxy groups -OCH3 is 2. The molecule has 1 saturated heterocycles. The number of nitrogens with one attached hydrogen (secondary N) is 2. The second-order valence-corrected chi connectivity index (χ2v) is 9.08. The predicted octanol–water partition coefficient (Wildman–Crippen LogP) is 4.17. The van der Waals surface area contributed by atoms with E-state index in [-0.39, 0.29) is 18.2 Å². The van der Waals surface area contributed by atoms with Gasteiger partial charge in [-0.25, -0.2) is 13.1 Å². The summed E-state index contributed by atoms with van der Waals surface area (Å²) >= 11 is 0. The molecule has 2 N–H and O–H groups in total. The molecule has 0 unspecified atom stereocenters. The van der Waals surface area contributed by atoms with E-state index in [1.165, 1.54) is 20.3 Å². The molecule has 0 amide bonds. The maximum absolute atomic E-state index is 13.8. The molecule has 0 saturated carbocycles. The van der Waals surface area contributed by atoms with Crippen LogP contribution in [0.1, 0.15) is 18.4 Å². The van der Waals surface area contributed by atoms with Crippen LogP contribution in [-0.4, -0.2) is 42.4 Å². The van der Waals surface area contributed by atoms with Crippen molar-refractivity contribution >= 4 is 21.4 Å². The van der Waals surface area contributed by atoms with Gasteiger partial charge in [0.2, 0.25) is 10.0 Å². The average molecular weight is 475 g/mol. The third kappa shape index (κ3) is 6.05. The van der Waals surface area contributed by atoms with Crippen molar-refractivity contribution in [3.8, 4) is 11.5 Å². The minimum atomic E-state index is -4.87. The summed E-state index contributed by atoms with van der Waals surface area (Å²) in [6.07, 6.45) is -3.56. The van der Waals surface area contributed by atoms with Crippen molar-refractivity contribution in [1.29, 1.82) is 0 Å². The number of benzene rings is 2. The maximum Gasteiger partial charge on any atom is 0.417 e. The van der Waals surface area contributed by atoms with Crippen LogP contribution in [0.25, 0.3) is 0 Å². The van der Waals surface area contributed by atoms with Gasteiger partial charge in [0.25, 0.3) is 0 Å². The first kappa shape index (κ1) is 24.1. The molecule has 0 aliphatic carbocycles. The summed E-state index contributed by atoms with van der Waals surface area (Å²) in [6, 6.07) is 7.78. The van der Waals surface area contributed by atoms with Gasteiger partial charge in [0.05, 0.1) is 24.7 Å². The van der Waals surface area contributed by atoms with Crippen LogP contribution in [0.2, 0.25) is 0 Å². The summed E-state index contributed by atoms with van der Waals surface area (Å²) in [4.78, 5) is -0.814. The summed E-state index contributed by atoms with van der Waals surface area (Å²) < 4.78 is 84.5. The van der Waals surface area contributed by atoms with Crippen molar-refractivity contribution in [2.24, 2.45) is 5.92 Å². The van der Waals surface area contributed by atoms with Crippen molar-refractivity contribution in [2.45, 2.75) is 23.9 Å². The van der Waals surface area contributed by atoms with Crippen molar-refractivity contribution in [1.82, 2.24) is 4.72 Å². The van der Waals surface area contributed by atoms with E-state index in [4.69, 9.17) is 14.2 Å². The Hall–Kier alpha value is -2.50. The predicted molar refractivity (Wildman–Crippen MR) is 113 cm³/mol. The lowest BCUT2D eigenvalue weighted by Crippen LogP contribution is -2.33. The van der Waals surface area contributed by atoms with Gasteiger partial charge in [-0.05, 0) is 37.0 Å². The zero-order chi connectivity index (χ0) is 23.4. The molecule has 2 aromatic rings. The fourth-order valence-electron chi connectivity index (χ4n) is 3.37. The quantitative estimate of drug-likeness (QED) is 0.597. The highest BCUT2D eigenvalue weighted by Crippen LogP contribution is 2.37. The van der Waals surface area contributed by atoms with E-state index in [0.717, 1.165) is 12.1 Å². The van der Waals surface area contributed by atoms with Gasteiger partial charge in [-0.2, -0.15) is 13.2 Å². The monoisotopic (exact) mass is 474 g/mol. The molecule has 11 heteroatoms.